The van der Waals surface area contributed by atoms with Gasteiger partial charge >= 0.3 is 0 Å². The van der Waals surface area contributed by atoms with Crippen LogP contribution in [0, 0.1) is 0 Å². The SMILES string of the molecule is C=CCC(O)CC.CC.CC. The quantitative estimate of drug-likeness (QED) is 0.627. The van der Waals surface area contributed by atoms with Gasteiger partial charge in [0.2, 0.25) is 0 Å². The van der Waals surface area contributed by atoms with E-state index in [-0.39, 0.29) is 6.10 Å². The molecule has 0 aromatic heterocycles. The molecule has 0 aliphatic heterocycles. The van der Waals surface area contributed by atoms with Crippen molar-refractivity contribution in [1.29, 1.82) is 0 Å². The van der Waals surface area contributed by atoms with Crippen LogP contribution in [-0.2, 0) is 0 Å². The van der Waals surface area contributed by atoms with Crippen LogP contribution in [-0.4, -0.2) is 11.2 Å². The summed E-state index contributed by atoms with van der Waals surface area (Å²) in [4.78, 5) is 0. The maximum atomic E-state index is 8.79. The van der Waals surface area contributed by atoms with E-state index < -0.39 is 0 Å². The third-order valence-corrected chi connectivity index (χ3v) is 0.910. The molecule has 0 aromatic carbocycles. The average molecular weight is 160 g/mol. The van der Waals surface area contributed by atoms with Gasteiger partial charge in [-0.25, -0.2) is 0 Å². The maximum Gasteiger partial charge on any atom is 0.0571 e. The molecule has 0 rings (SSSR count). The smallest absolute Gasteiger partial charge is 0.0571 e. The standard InChI is InChI=1S/C6H12O.2C2H6/c1-3-5-6(7)4-2;2*1-2/h3,6-7H,1,4-5H2,2H3;2*1-2H3. The molecule has 0 aliphatic carbocycles. The Morgan fingerprint density at radius 2 is 1.64 bits per heavy atom. The molecule has 1 heteroatoms. The molecule has 11 heavy (non-hydrogen) atoms. The van der Waals surface area contributed by atoms with Gasteiger partial charge in [-0.3, -0.25) is 0 Å². The van der Waals surface area contributed by atoms with E-state index in [1.807, 2.05) is 34.6 Å². The van der Waals surface area contributed by atoms with E-state index >= 15 is 0 Å². The van der Waals surface area contributed by atoms with Crippen molar-refractivity contribution in [3.63, 3.8) is 0 Å². The lowest BCUT2D eigenvalue weighted by atomic mass is 10.2. The second-order valence-electron chi connectivity index (χ2n) is 1.59. The molecular weight excluding hydrogens is 136 g/mol. The van der Waals surface area contributed by atoms with E-state index in [1.54, 1.807) is 6.08 Å². The highest BCUT2D eigenvalue weighted by molar-refractivity contribution is 4.70. The summed E-state index contributed by atoms with van der Waals surface area (Å²) in [7, 11) is 0. The average Bonchev–Trinajstić information content (AvgIpc) is 2.12. The summed E-state index contributed by atoms with van der Waals surface area (Å²) in [5.41, 5.74) is 0. The van der Waals surface area contributed by atoms with E-state index in [0.717, 1.165) is 12.8 Å². The number of hydrogen-bond acceptors (Lipinski definition) is 1. The van der Waals surface area contributed by atoms with Gasteiger partial charge in [-0.05, 0) is 12.8 Å². The fourth-order valence-electron chi connectivity index (χ4n) is 0.359. The summed E-state index contributed by atoms with van der Waals surface area (Å²) in [6, 6.07) is 0. The van der Waals surface area contributed by atoms with Crippen molar-refractivity contribution >= 4 is 0 Å². The van der Waals surface area contributed by atoms with Gasteiger partial charge in [-0.15, -0.1) is 6.58 Å². The molecule has 0 aliphatic rings. The third kappa shape index (κ3) is 26.0. The fourth-order valence-corrected chi connectivity index (χ4v) is 0.359. The topological polar surface area (TPSA) is 20.2 Å². The van der Waals surface area contributed by atoms with Crippen LogP contribution in [0.1, 0.15) is 47.5 Å². The minimum Gasteiger partial charge on any atom is -0.393 e. The Hall–Kier alpha value is -0.300. The molecule has 0 heterocycles. The minimum absolute atomic E-state index is 0.169. The van der Waals surface area contributed by atoms with E-state index in [2.05, 4.69) is 6.58 Å². The second kappa shape index (κ2) is 22.6. The highest BCUT2D eigenvalue weighted by Gasteiger charge is 1.92. The van der Waals surface area contributed by atoms with Crippen molar-refractivity contribution in [2.24, 2.45) is 0 Å². The van der Waals surface area contributed by atoms with Crippen LogP contribution in [0.2, 0.25) is 0 Å². The Kier molecular flexibility index (Phi) is 34.9. The monoisotopic (exact) mass is 160 g/mol. The Balaban J connectivity index is -0.000000138. The molecule has 70 valence electrons. The summed E-state index contributed by atoms with van der Waals surface area (Å²) in [6.07, 6.45) is 3.11. The van der Waals surface area contributed by atoms with E-state index in [4.69, 9.17) is 5.11 Å². The van der Waals surface area contributed by atoms with Crippen LogP contribution in [0.25, 0.3) is 0 Å². The van der Waals surface area contributed by atoms with Crippen LogP contribution in [0.3, 0.4) is 0 Å². The molecule has 1 N–H and O–H groups in total. The molecule has 0 radical (unpaired) electrons. The normalized spacial score (nSPS) is 9.64. The van der Waals surface area contributed by atoms with Crippen molar-refractivity contribution in [1.82, 2.24) is 0 Å². The third-order valence-electron chi connectivity index (χ3n) is 0.910. The van der Waals surface area contributed by atoms with Gasteiger partial charge in [0, 0.05) is 0 Å². The summed E-state index contributed by atoms with van der Waals surface area (Å²) < 4.78 is 0. The van der Waals surface area contributed by atoms with Crippen molar-refractivity contribution in [2.45, 2.75) is 53.6 Å². The van der Waals surface area contributed by atoms with Crippen molar-refractivity contribution < 1.29 is 5.11 Å². The molecule has 1 unspecified atom stereocenters. The lowest BCUT2D eigenvalue weighted by Crippen LogP contribution is -2.00. The fraction of sp³-hybridized carbons (Fsp3) is 0.800. The Labute approximate surface area is 72.1 Å². The summed E-state index contributed by atoms with van der Waals surface area (Å²) in [5, 5.41) is 8.79. The zero-order valence-corrected chi connectivity index (χ0v) is 8.72. The summed E-state index contributed by atoms with van der Waals surface area (Å²) in [5.74, 6) is 0. The number of hydrogen-bond donors (Lipinski definition) is 1. The Morgan fingerprint density at radius 1 is 1.27 bits per heavy atom. The largest absolute Gasteiger partial charge is 0.393 e. The molecule has 1 nitrogen and oxygen atoms in total. The Morgan fingerprint density at radius 3 is 1.73 bits per heavy atom. The van der Waals surface area contributed by atoms with Crippen LogP contribution in [0.4, 0.5) is 0 Å². The molecule has 1 atom stereocenters. The van der Waals surface area contributed by atoms with Crippen molar-refractivity contribution in [3.8, 4) is 0 Å². The molecule has 0 aromatic rings. The van der Waals surface area contributed by atoms with Gasteiger partial charge in [-0.1, -0.05) is 40.7 Å². The van der Waals surface area contributed by atoms with Crippen LogP contribution >= 0.6 is 0 Å². The van der Waals surface area contributed by atoms with Crippen LogP contribution < -0.4 is 0 Å². The zero-order valence-electron chi connectivity index (χ0n) is 8.72. The van der Waals surface area contributed by atoms with Crippen LogP contribution in [0.15, 0.2) is 12.7 Å². The van der Waals surface area contributed by atoms with Crippen molar-refractivity contribution in [3.05, 3.63) is 12.7 Å². The molecule has 0 bridgehead atoms. The zero-order chi connectivity index (χ0) is 9.70. The van der Waals surface area contributed by atoms with Gasteiger partial charge < -0.3 is 5.11 Å². The molecular formula is C10H24O. The van der Waals surface area contributed by atoms with Gasteiger partial charge in [0.05, 0.1) is 6.10 Å². The number of aliphatic hydroxyl groups excluding tert-OH is 1. The highest BCUT2D eigenvalue weighted by Crippen LogP contribution is 1.94. The number of rotatable bonds is 3. The minimum atomic E-state index is -0.169. The first-order valence-electron chi connectivity index (χ1n) is 4.60. The molecule has 0 saturated carbocycles. The predicted molar refractivity (Wildman–Crippen MR) is 53.8 cm³/mol. The first kappa shape index (κ1) is 17.0. The van der Waals surface area contributed by atoms with Gasteiger partial charge in [-0.2, -0.15) is 0 Å². The van der Waals surface area contributed by atoms with E-state index in [0.29, 0.717) is 0 Å². The van der Waals surface area contributed by atoms with E-state index in [1.165, 1.54) is 0 Å². The van der Waals surface area contributed by atoms with Gasteiger partial charge in [0.25, 0.3) is 0 Å². The molecule has 0 amide bonds. The molecule has 0 fully saturated rings. The van der Waals surface area contributed by atoms with Gasteiger partial charge in [0.1, 0.15) is 0 Å². The predicted octanol–water partition coefficient (Wildman–Crippen LogP) is 3.39. The lowest BCUT2D eigenvalue weighted by molar-refractivity contribution is 0.174. The molecule has 0 saturated heterocycles. The van der Waals surface area contributed by atoms with Crippen molar-refractivity contribution in [2.75, 3.05) is 0 Å². The molecule has 0 spiro atoms. The maximum absolute atomic E-state index is 8.79. The number of aliphatic hydroxyl groups is 1. The first-order chi connectivity index (χ1) is 5.31. The second-order valence-corrected chi connectivity index (χ2v) is 1.59. The summed E-state index contributed by atoms with van der Waals surface area (Å²) in [6.45, 7) is 13.4. The Bertz CT molecular complexity index is 50.8. The van der Waals surface area contributed by atoms with E-state index in [9.17, 15) is 0 Å². The highest BCUT2D eigenvalue weighted by atomic mass is 16.3. The first-order valence-corrected chi connectivity index (χ1v) is 4.60. The lowest BCUT2D eigenvalue weighted by Gasteiger charge is -1.99. The summed E-state index contributed by atoms with van der Waals surface area (Å²) >= 11 is 0. The van der Waals surface area contributed by atoms with Crippen LogP contribution in [0.5, 0.6) is 0 Å². The van der Waals surface area contributed by atoms with Gasteiger partial charge in [0.15, 0.2) is 0 Å².